The van der Waals surface area contributed by atoms with Gasteiger partial charge in [-0.05, 0) is 32.9 Å². The Kier molecular flexibility index (Phi) is 4.25. The van der Waals surface area contributed by atoms with Gasteiger partial charge in [-0.2, -0.15) is 5.10 Å². The maximum atomic E-state index is 12.0. The average molecular weight is 291 g/mol. The van der Waals surface area contributed by atoms with Crippen LogP contribution in [-0.4, -0.2) is 11.6 Å². The van der Waals surface area contributed by atoms with Crippen LogP contribution >= 0.6 is 11.6 Å². The molecule has 4 nitrogen and oxygen atoms in total. The smallest absolute Gasteiger partial charge is 0.274 e. The predicted molar refractivity (Wildman–Crippen MR) is 79.3 cm³/mol. The van der Waals surface area contributed by atoms with Crippen LogP contribution in [0.2, 0.25) is 5.02 Å². The number of hydrogen-bond acceptors (Lipinski definition) is 3. The van der Waals surface area contributed by atoms with Gasteiger partial charge < -0.3 is 4.42 Å². The number of nitrogens with one attached hydrogen (secondary N) is 1. The molecule has 0 fully saturated rings. The Labute approximate surface area is 122 Å². The van der Waals surface area contributed by atoms with Crippen LogP contribution in [0, 0.1) is 13.8 Å². The maximum absolute atomic E-state index is 12.0. The first-order chi connectivity index (χ1) is 9.49. The van der Waals surface area contributed by atoms with Crippen LogP contribution in [0.1, 0.15) is 34.4 Å². The average Bonchev–Trinajstić information content (AvgIpc) is 2.75. The lowest BCUT2D eigenvalue weighted by Gasteiger charge is -2.04. The van der Waals surface area contributed by atoms with Crippen molar-refractivity contribution in [3.8, 4) is 0 Å². The third-order valence-corrected chi connectivity index (χ3v) is 3.20. The first-order valence-corrected chi connectivity index (χ1v) is 6.53. The Balaban J connectivity index is 2.15. The van der Waals surface area contributed by atoms with Crippen molar-refractivity contribution < 1.29 is 9.21 Å². The molecule has 0 unspecified atom stereocenters. The van der Waals surface area contributed by atoms with E-state index in [2.05, 4.69) is 10.5 Å². The van der Waals surface area contributed by atoms with Gasteiger partial charge in [0.1, 0.15) is 11.5 Å². The number of hydrazone groups is 1. The molecule has 1 N–H and O–H groups in total. The Morgan fingerprint density at radius 3 is 2.55 bits per heavy atom. The quantitative estimate of drug-likeness (QED) is 0.692. The highest BCUT2D eigenvalue weighted by molar-refractivity contribution is 6.34. The molecular weight excluding hydrogens is 276 g/mol. The summed E-state index contributed by atoms with van der Waals surface area (Å²) < 4.78 is 5.32. The molecule has 5 heteroatoms. The van der Waals surface area contributed by atoms with Crippen LogP contribution in [-0.2, 0) is 0 Å². The van der Waals surface area contributed by atoms with Crippen molar-refractivity contribution in [1.82, 2.24) is 5.43 Å². The van der Waals surface area contributed by atoms with Gasteiger partial charge in [0.2, 0.25) is 0 Å². The van der Waals surface area contributed by atoms with Crippen LogP contribution in [0.3, 0.4) is 0 Å². The fourth-order valence-electron chi connectivity index (χ4n) is 1.87. The number of carbonyl (C=O) groups excluding carboxylic acids is 1. The van der Waals surface area contributed by atoms with E-state index in [9.17, 15) is 4.79 Å². The number of furan rings is 1. The van der Waals surface area contributed by atoms with Crippen LogP contribution < -0.4 is 5.43 Å². The molecular formula is C15H15ClN2O2. The van der Waals surface area contributed by atoms with E-state index in [0.29, 0.717) is 27.8 Å². The van der Waals surface area contributed by atoms with Crippen LogP contribution in [0.25, 0.3) is 0 Å². The summed E-state index contributed by atoms with van der Waals surface area (Å²) in [4.78, 5) is 12.0. The van der Waals surface area contributed by atoms with Gasteiger partial charge in [-0.15, -0.1) is 0 Å². The first kappa shape index (κ1) is 14.3. The highest BCUT2D eigenvalue weighted by atomic mass is 35.5. The molecule has 1 heterocycles. The zero-order valence-electron chi connectivity index (χ0n) is 11.5. The van der Waals surface area contributed by atoms with E-state index >= 15 is 0 Å². The molecule has 0 aliphatic heterocycles. The molecule has 2 rings (SSSR count). The minimum absolute atomic E-state index is 0.300. The Morgan fingerprint density at radius 2 is 1.95 bits per heavy atom. The molecule has 0 aliphatic rings. The number of rotatable bonds is 3. The zero-order valence-corrected chi connectivity index (χ0v) is 12.3. The molecule has 0 atom stereocenters. The van der Waals surface area contributed by atoms with E-state index in [4.69, 9.17) is 16.0 Å². The number of nitrogens with zero attached hydrogens (tertiary/aromatic N) is 1. The SMILES string of the molecule is CC(=NNC(=O)c1cc(C)oc1C)c1ccccc1Cl. The van der Waals surface area contributed by atoms with E-state index in [1.165, 1.54) is 0 Å². The third kappa shape index (κ3) is 3.08. The normalized spacial score (nSPS) is 11.5. The van der Waals surface area contributed by atoms with Crippen molar-refractivity contribution in [3.05, 3.63) is 58.0 Å². The van der Waals surface area contributed by atoms with Gasteiger partial charge in [-0.25, -0.2) is 5.43 Å². The molecule has 0 saturated carbocycles. The highest BCUT2D eigenvalue weighted by Crippen LogP contribution is 2.16. The van der Waals surface area contributed by atoms with Crippen molar-refractivity contribution >= 4 is 23.2 Å². The third-order valence-electron chi connectivity index (χ3n) is 2.87. The van der Waals surface area contributed by atoms with E-state index < -0.39 is 0 Å². The van der Waals surface area contributed by atoms with E-state index in [1.54, 1.807) is 32.9 Å². The number of benzene rings is 1. The lowest BCUT2D eigenvalue weighted by atomic mass is 10.1. The second-order valence-electron chi connectivity index (χ2n) is 4.44. The molecule has 20 heavy (non-hydrogen) atoms. The van der Waals surface area contributed by atoms with Crippen LogP contribution in [0.4, 0.5) is 0 Å². The summed E-state index contributed by atoms with van der Waals surface area (Å²) in [6, 6.07) is 9.02. The van der Waals surface area contributed by atoms with Crippen molar-refractivity contribution in [2.45, 2.75) is 20.8 Å². The summed E-state index contributed by atoms with van der Waals surface area (Å²) in [6.45, 7) is 5.32. The summed E-state index contributed by atoms with van der Waals surface area (Å²) in [5.74, 6) is 0.968. The molecule has 1 aromatic carbocycles. The molecule has 0 radical (unpaired) electrons. The van der Waals surface area contributed by atoms with Gasteiger partial charge in [0.15, 0.2) is 0 Å². The highest BCUT2D eigenvalue weighted by Gasteiger charge is 2.13. The van der Waals surface area contributed by atoms with Gasteiger partial charge in [-0.1, -0.05) is 29.8 Å². The summed E-state index contributed by atoms with van der Waals surface area (Å²) in [7, 11) is 0. The van der Waals surface area contributed by atoms with Crippen LogP contribution in [0.15, 0.2) is 39.9 Å². The van der Waals surface area contributed by atoms with Gasteiger partial charge in [0.25, 0.3) is 5.91 Å². The number of halogens is 1. The standard InChI is InChI=1S/C15H15ClN2O2/c1-9-8-13(11(3)20-9)15(19)18-17-10(2)12-6-4-5-7-14(12)16/h4-8H,1-3H3,(H,18,19). The van der Waals surface area contributed by atoms with Gasteiger partial charge in [-0.3, -0.25) is 4.79 Å². The lowest BCUT2D eigenvalue weighted by molar-refractivity contribution is 0.0953. The largest absolute Gasteiger partial charge is 0.466 e. The monoisotopic (exact) mass is 290 g/mol. The van der Waals surface area contributed by atoms with Gasteiger partial charge in [0.05, 0.1) is 11.3 Å². The van der Waals surface area contributed by atoms with Gasteiger partial charge >= 0.3 is 0 Å². The summed E-state index contributed by atoms with van der Waals surface area (Å²) >= 11 is 6.07. The zero-order chi connectivity index (χ0) is 14.7. The Hall–Kier alpha value is -2.07. The summed E-state index contributed by atoms with van der Waals surface area (Å²) in [6.07, 6.45) is 0. The van der Waals surface area contributed by atoms with Crippen molar-refractivity contribution in [2.75, 3.05) is 0 Å². The van der Waals surface area contributed by atoms with Crippen molar-refractivity contribution in [2.24, 2.45) is 5.10 Å². The fourth-order valence-corrected chi connectivity index (χ4v) is 2.14. The number of amides is 1. The van der Waals surface area contributed by atoms with Crippen LogP contribution in [0.5, 0.6) is 0 Å². The molecule has 1 amide bonds. The van der Waals surface area contributed by atoms with Crippen molar-refractivity contribution in [1.29, 1.82) is 0 Å². The molecule has 0 aliphatic carbocycles. The summed E-state index contributed by atoms with van der Waals surface area (Å²) in [5.41, 5.74) is 4.42. The number of aryl methyl sites for hydroxylation is 2. The fraction of sp³-hybridized carbons (Fsp3) is 0.200. The lowest BCUT2D eigenvalue weighted by Crippen LogP contribution is -2.19. The molecule has 1 aromatic heterocycles. The minimum atomic E-state index is -0.300. The second kappa shape index (κ2) is 5.92. The molecule has 0 spiro atoms. The Bertz CT molecular complexity index is 674. The van der Waals surface area contributed by atoms with E-state index in [-0.39, 0.29) is 5.91 Å². The van der Waals surface area contributed by atoms with E-state index in [1.807, 2.05) is 18.2 Å². The number of carbonyl (C=O) groups is 1. The topological polar surface area (TPSA) is 54.6 Å². The molecule has 104 valence electrons. The minimum Gasteiger partial charge on any atom is -0.466 e. The molecule has 0 bridgehead atoms. The van der Waals surface area contributed by atoms with Crippen molar-refractivity contribution in [3.63, 3.8) is 0 Å². The van der Waals surface area contributed by atoms with E-state index in [0.717, 1.165) is 5.56 Å². The first-order valence-electron chi connectivity index (χ1n) is 6.15. The molecule has 2 aromatic rings. The van der Waals surface area contributed by atoms with Gasteiger partial charge in [0, 0.05) is 10.6 Å². The Morgan fingerprint density at radius 1 is 1.25 bits per heavy atom. The maximum Gasteiger partial charge on any atom is 0.274 e. The second-order valence-corrected chi connectivity index (χ2v) is 4.85. The summed E-state index contributed by atoms with van der Waals surface area (Å²) in [5, 5.41) is 4.67. The predicted octanol–water partition coefficient (Wildman–Crippen LogP) is 3.70. The number of hydrogen-bond donors (Lipinski definition) is 1. The molecule has 0 saturated heterocycles.